The molecule has 0 aliphatic heterocycles. The SMILES string of the molecule is CCCCn1c(S[C@H](C)C(=O)c2ccc(OC)cc2)nnc1-c1ccc(OC)cc1. The number of benzene rings is 2. The Balaban J connectivity index is 1.83. The van der Waals surface area contributed by atoms with Gasteiger partial charge in [-0.25, -0.2) is 0 Å². The van der Waals surface area contributed by atoms with E-state index in [1.807, 2.05) is 31.2 Å². The van der Waals surface area contributed by atoms with Crippen molar-refractivity contribution in [3.05, 3.63) is 54.1 Å². The first kappa shape index (κ1) is 21.9. The Morgan fingerprint density at radius 2 is 1.60 bits per heavy atom. The predicted octanol–water partition coefficient (Wildman–Crippen LogP) is 5.13. The fraction of sp³-hybridized carbons (Fsp3) is 0.348. The third kappa shape index (κ3) is 5.02. The Hall–Kier alpha value is -2.80. The zero-order chi connectivity index (χ0) is 21.5. The molecule has 6 nitrogen and oxygen atoms in total. The van der Waals surface area contributed by atoms with E-state index in [2.05, 4.69) is 21.7 Å². The maximum atomic E-state index is 12.9. The van der Waals surface area contributed by atoms with Crippen LogP contribution < -0.4 is 9.47 Å². The fourth-order valence-corrected chi connectivity index (χ4v) is 4.00. The zero-order valence-electron chi connectivity index (χ0n) is 17.8. The van der Waals surface area contributed by atoms with Gasteiger partial charge in [0, 0.05) is 17.7 Å². The molecule has 0 bridgehead atoms. The Kier molecular flexibility index (Phi) is 7.52. The molecule has 0 spiro atoms. The van der Waals surface area contributed by atoms with Gasteiger partial charge in [-0.3, -0.25) is 4.79 Å². The molecule has 0 aliphatic rings. The van der Waals surface area contributed by atoms with Gasteiger partial charge in [0.05, 0.1) is 19.5 Å². The Labute approximate surface area is 181 Å². The van der Waals surface area contributed by atoms with Gasteiger partial charge in [-0.1, -0.05) is 25.1 Å². The molecule has 0 saturated heterocycles. The normalized spacial score (nSPS) is 11.9. The summed E-state index contributed by atoms with van der Waals surface area (Å²) in [5, 5.41) is 9.30. The number of unbranched alkanes of at least 4 members (excludes halogenated alkanes) is 1. The zero-order valence-corrected chi connectivity index (χ0v) is 18.6. The van der Waals surface area contributed by atoms with Crippen molar-refractivity contribution in [1.29, 1.82) is 0 Å². The van der Waals surface area contributed by atoms with Crippen LogP contribution in [-0.2, 0) is 6.54 Å². The highest BCUT2D eigenvalue weighted by Gasteiger charge is 2.22. The maximum Gasteiger partial charge on any atom is 0.192 e. The van der Waals surface area contributed by atoms with Crippen molar-refractivity contribution >= 4 is 17.5 Å². The lowest BCUT2D eigenvalue weighted by Gasteiger charge is -2.13. The van der Waals surface area contributed by atoms with Crippen LogP contribution in [0.4, 0.5) is 0 Å². The molecule has 30 heavy (non-hydrogen) atoms. The quantitative estimate of drug-likeness (QED) is 0.332. The summed E-state index contributed by atoms with van der Waals surface area (Å²) < 4.78 is 12.5. The molecule has 0 aliphatic carbocycles. The van der Waals surface area contributed by atoms with Crippen molar-refractivity contribution in [3.63, 3.8) is 0 Å². The molecule has 0 amide bonds. The van der Waals surface area contributed by atoms with E-state index in [0.717, 1.165) is 47.4 Å². The predicted molar refractivity (Wildman–Crippen MR) is 120 cm³/mol. The van der Waals surface area contributed by atoms with Crippen LogP contribution in [0.5, 0.6) is 11.5 Å². The fourth-order valence-electron chi connectivity index (χ4n) is 3.05. The number of carbonyl (C=O) groups is 1. The monoisotopic (exact) mass is 425 g/mol. The minimum absolute atomic E-state index is 0.0543. The van der Waals surface area contributed by atoms with E-state index < -0.39 is 0 Å². The van der Waals surface area contributed by atoms with Crippen molar-refractivity contribution < 1.29 is 14.3 Å². The van der Waals surface area contributed by atoms with E-state index in [-0.39, 0.29) is 11.0 Å². The van der Waals surface area contributed by atoms with Gasteiger partial charge in [-0.15, -0.1) is 10.2 Å². The van der Waals surface area contributed by atoms with Crippen LogP contribution in [0.2, 0.25) is 0 Å². The standard InChI is InChI=1S/C23H27N3O3S/c1-5-6-15-26-22(18-9-13-20(29-4)14-10-18)24-25-23(26)30-16(2)21(27)17-7-11-19(28-3)12-8-17/h7-14,16H,5-6,15H2,1-4H3/t16-/m1/s1. The maximum absolute atomic E-state index is 12.9. The van der Waals surface area contributed by atoms with E-state index in [1.54, 1.807) is 38.5 Å². The molecular weight excluding hydrogens is 398 g/mol. The van der Waals surface area contributed by atoms with Gasteiger partial charge in [-0.05, 0) is 61.9 Å². The molecule has 3 aromatic rings. The number of methoxy groups -OCH3 is 2. The number of nitrogens with zero attached hydrogens (tertiary/aromatic N) is 3. The Morgan fingerprint density at radius 3 is 2.17 bits per heavy atom. The lowest BCUT2D eigenvalue weighted by molar-refractivity contribution is 0.0994. The lowest BCUT2D eigenvalue weighted by atomic mass is 10.1. The van der Waals surface area contributed by atoms with Crippen LogP contribution in [0, 0.1) is 0 Å². The Morgan fingerprint density at radius 1 is 1.00 bits per heavy atom. The third-order valence-corrected chi connectivity index (χ3v) is 5.91. The molecule has 158 valence electrons. The third-order valence-electron chi connectivity index (χ3n) is 4.83. The average Bonchev–Trinajstić information content (AvgIpc) is 3.19. The highest BCUT2D eigenvalue weighted by Crippen LogP contribution is 2.30. The molecular formula is C23H27N3O3S. The number of thioether (sulfide) groups is 1. The van der Waals surface area contributed by atoms with Gasteiger partial charge in [0.1, 0.15) is 11.5 Å². The molecule has 0 fully saturated rings. The highest BCUT2D eigenvalue weighted by molar-refractivity contribution is 8.00. The van der Waals surface area contributed by atoms with Crippen LogP contribution >= 0.6 is 11.8 Å². The molecule has 7 heteroatoms. The van der Waals surface area contributed by atoms with Crippen molar-refractivity contribution in [2.75, 3.05) is 14.2 Å². The van der Waals surface area contributed by atoms with Gasteiger partial charge < -0.3 is 14.0 Å². The van der Waals surface area contributed by atoms with E-state index >= 15 is 0 Å². The second-order valence-electron chi connectivity index (χ2n) is 6.89. The summed E-state index contributed by atoms with van der Waals surface area (Å²) in [4.78, 5) is 12.9. The van der Waals surface area contributed by atoms with Crippen molar-refractivity contribution in [2.45, 2.75) is 43.6 Å². The van der Waals surface area contributed by atoms with Crippen molar-refractivity contribution in [1.82, 2.24) is 14.8 Å². The summed E-state index contributed by atoms with van der Waals surface area (Å²) in [7, 11) is 3.26. The molecule has 1 aromatic heterocycles. The van der Waals surface area contributed by atoms with Crippen molar-refractivity contribution in [3.8, 4) is 22.9 Å². The van der Waals surface area contributed by atoms with E-state index in [1.165, 1.54) is 11.8 Å². The van der Waals surface area contributed by atoms with E-state index in [9.17, 15) is 4.79 Å². The van der Waals surface area contributed by atoms with Crippen LogP contribution in [0.3, 0.4) is 0 Å². The van der Waals surface area contributed by atoms with Gasteiger partial charge in [0.15, 0.2) is 16.8 Å². The number of Topliss-reactive ketones (excluding diaryl/α,β-unsaturated/α-hetero) is 1. The molecule has 1 atom stereocenters. The molecule has 3 rings (SSSR count). The van der Waals surface area contributed by atoms with E-state index in [0.29, 0.717) is 5.56 Å². The smallest absolute Gasteiger partial charge is 0.192 e. The minimum Gasteiger partial charge on any atom is -0.497 e. The second-order valence-corrected chi connectivity index (χ2v) is 8.20. The summed E-state index contributed by atoms with van der Waals surface area (Å²) in [6.07, 6.45) is 2.07. The summed E-state index contributed by atoms with van der Waals surface area (Å²) in [5.41, 5.74) is 1.63. The minimum atomic E-state index is -0.285. The first-order chi connectivity index (χ1) is 14.6. The molecule has 1 heterocycles. The molecule has 0 unspecified atom stereocenters. The largest absolute Gasteiger partial charge is 0.497 e. The van der Waals surface area contributed by atoms with Crippen molar-refractivity contribution in [2.24, 2.45) is 0 Å². The Bertz CT molecular complexity index is 968. The van der Waals surface area contributed by atoms with Gasteiger partial charge in [0.2, 0.25) is 0 Å². The number of hydrogen-bond donors (Lipinski definition) is 0. The number of ketones is 1. The number of aromatic nitrogens is 3. The van der Waals surface area contributed by atoms with Gasteiger partial charge >= 0.3 is 0 Å². The first-order valence-corrected chi connectivity index (χ1v) is 10.9. The van der Waals surface area contributed by atoms with Crippen LogP contribution in [0.15, 0.2) is 53.7 Å². The number of rotatable bonds is 10. The number of hydrogen-bond acceptors (Lipinski definition) is 6. The molecule has 0 N–H and O–H groups in total. The van der Waals surface area contributed by atoms with Crippen LogP contribution in [-0.4, -0.2) is 40.0 Å². The topological polar surface area (TPSA) is 66.2 Å². The number of carbonyl (C=O) groups excluding carboxylic acids is 1. The van der Waals surface area contributed by atoms with Gasteiger partial charge in [-0.2, -0.15) is 0 Å². The summed E-state index contributed by atoms with van der Waals surface area (Å²) in [6.45, 7) is 4.86. The number of ether oxygens (including phenoxy) is 2. The average molecular weight is 426 g/mol. The lowest BCUT2D eigenvalue weighted by Crippen LogP contribution is -2.15. The summed E-state index contributed by atoms with van der Waals surface area (Å²) in [6, 6.07) is 15.0. The second kappa shape index (κ2) is 10.3. The van der Waals surface area contributed by atoms with Crippen LogP contribution in [0.1, 0.15) is 37.0 Å². The molecule has 0 saturated carbocycles. The molecule has 2 aromatic carbocycles. The van der Waals surface area contributed by atoms with E-state index in [4.69, 9.17) is 9.47 Å². The summed E-state index contributed by atoms with van der Waals surface area (Å²) in [5.74, 6) is 2.39. The highest BCUT2D eigenvalue weighted by atomic mass is 32.2. The first-order valence-electron chi connectivity index (χ1n) is 10.00. The van der Waals surface area contributed by atoms with Gasteiger partial charge in [0.25, 0.3) is 0 Å². The molecule has 0 radical (unpaired) electrons. The summed E-state index contributed by atoms with van der Waals surface area (Å²) >= 11 is 1.44. The van der Waals surface area contributed by atoms with Crippen LogP contribution in [0.25, 0.3) is 11.4 Å².